The van der Waals surface area contributed by atoms with Crippen molar-refractivity contribution in [3.05, 3.63) is 30.3 Å². The van der Waals surface area contributed by atoms with Gasteiger partial charge in [0.05, 0.1) is 11.5 Å². The molecule has 0 aromatic heterocycles. The largest absolute Gasteiger partial charge is 0.361 e. The second-order valence-electron chi connectivity index (χ2n) is 5.58. The van der Waals surface area contributed by atoms with Gasteiger partial charge in [-0.1, -0.05) is 18.2 Å². The Morgan fingerprint density at radius 2 is 2.00 bits per heavy atom. The summed E-state index contributed by atoms with van der Waals surface area (Å²) < 4.78 is 23.0. The van der Waals surface area contributed by atoms with Gasteiger partial charge in [-0.15, -0.1) is 0 Å². The SMILES string of the molecule is C[C@]1(NCCNC(=S)Nc2ccccc2)CCS(=O)(=O)C1. The molecule has 0 aliphatic carbocycles. The van der Waals surface area contributed by atoms with Crippen LogP contribution in [-0.4, -0.2) is 43.7 Å². The van der Waals surface area contributed by atoms with Crippen molar-refractivity contribution in [2.24, 2.45) is 0 Å². The van der Waals surface area contributed by atoms with E-state index in [2.05, 4.69) is 16.0 Å². The lowest BCUT2D eigenvalue weighted by atomic mass is 10.0. The molecule has 1 saturated heterocycles. The number of hydrogen-bond acceptors (Lipinski definition) is 4. The molecule has 1 aliphatic heterocycles. The van der Waals surface area contributed by atoms with Gasteiger partial charge in [-0.05, 0) is 37.7 Å². The minimum atomic E-state index is -2.87. The molecule has 1 atom stereocenters. The molecule has 1 fully saturated rings. The van der Waals surface area contributed by atoms with Crippen molar-refractivity contribution in [3.8, 4) is 0 Å². The van der Waals surface area contributed by atoms with Gasteiger partial charge in [-0.3, -0.25) is 0 Å². The average Bonchev–Trinajstić information content (AvgIpc) is 2.70. The molecular weight excluding hydrogens is 306 g/mol. The fraction of sp³-hybridized carbons (Fsp3) is 0.500. The maximum absolute atomic E-state index is 11.5. The predicted molar refractivity (Wildman–Crippen MR) is 90.3 cm³/mol. The highest BCUT2D eigenvalue weighted by Crippen LogP contribution is 2.22. The quantitative estimate of drug-likeness (QED) is 0.556. The molecule has 0 amide bonds. The van der Waals surface area contributed by atoms with Crippen LogP contribution in [0.2, 0.25) is 0 Å². The summed E-state index contributed by atoms with van der Waals surface area (Å²) >= 11 is 5.20. The summed E-state index contributed by atoms with van der Waals surface area (Å²) in [7, 11) is -2.87. The molecule has 7 heteroatoms. The highest BCUT2D eigenvalue weighted by Gasteiger charge is 2.37. The molecular formula is C14H21N3O2S2. The number of anilines is 1. The lowest BCUT2D eigenvalue weighted by Gasteiger charge is -2.24. The highest BCUT2D eigenvalue weighted by atomic mass is 32.2. The van der Waals surface area contributed by atoms with E-state index in [9.17, 15) is 8.42 Å². The van der Waals surface area contributed by atoms with Crippen molar-refractivity contribution in [2.45, 2.75) is 18.9 Å². The first-order valence-corrected chi connectivity index (χ1v) is 9.17. The number of rotatable bonds is 5. The number of sulfone groups is 1. The van der Waals surface area contributed by atoms with E-state index in [1.54, 1.807) is 0 Å². The molecule has 3 N–H and O–H groups in total. The lowest BCUT2D eigenvalue weighted by Crippen LogP contribution is -2.47. The van der Waals surface area contributed by atoms with E-state index in [1.807, 2.05) is 37.3 Å². The van der Waals surface area contributed by atoms with Gasteiger partial charge in [0.2, 0.25) is 0 Å². The standard InChI is InChI=1S/C14H21N3O2S2/c1-14(7-10-21(18,19)11-14)16-9-8-15-13(20)17-12-5-3-2-4-6-12/h2-6,16H,7-11H2,1H3,(H2,15,17,20)/t14-/m0/s1. The number of thiocarbonyl (C=S) groups is 1. The van der Waals surface area contributed by atoms with Gasteiger partial charge in [-0.25, -0.2) is 8.42 Å². The summed E-state index contributed by atoms with van der Waals surface area (Å²) in [4.78, 5) is 0. The van der Waals surface area contributed by atoms with E-state index in [0.29, 0.717) is 24.6 Å². The normalized spacial score (nSPS) is 23.7. The zero-order chi connectivity index (χ0) is 15.3. The van der Waals surface area contributed by atoms with E-state index >= 15 is 0 Å². The first kappa shape index (κ1) is 16.2. The summed E-state index contributed by atoms with van der Waals surface area (Å²) in [6.45, 7) is 3.27. The predicted octanol–water partition coefficient (Wildman–Crippen LogP) is 1.14. The van der Waals surface area contributed by atoms with Crippen LogP contribution in [0.3, 0.4) is 0 Å². The Balaban J connectivity index is 1.67. The number of hydrogen-bond donors (Lipinski definition) is 3. The van der Waals surface area contributed by atoms with Crippen molar-refractivity contribution < 1.29 is 8.42 Å². The van der Waals surface area contributed by atoms with Crippen LogP contribution in [0.4, 0.5) is 5.69 Å². The first-order chi connectivity index (χ1) is 9.89. The monoisotopic (exact) mass is 327 g/mol. The maximum atomic E-state index is 11.5. The molecule has 1 heterocycles. The lowest BCUT2D eigenvalue weighted by molar-refractivity contribution is 0.400. The third-order valence-corrected chi connectivity index (χ3v) is 5.65. The Morgan fingerprint density at radius 1 is 1.29 bits per heavy atom. The van der Waals surface area contributed by atoms with Gasteiger partial charge in [0, 0.05) is 24.3 Å². The number of para-hydroxylation sites is 1. The van der Waals surface area contributed by atoms with E-state index in [0.717, 1.165) is 5.69 Å². The molecule has 5 nitrogen and oxygen atoms in total. The van der Waals surface area contributed by atoms with E-state index in [-0.39, 0.29) is 17.0 Å². The third kappa shape index (κ3) is 5.26. The fourth-order valence-electron chi connectivity index (χ4n) is 2.39. The maximum Gasteiger partial charge on any atom is 0.170 e. The molecule has 0 unspecified atom stereocenters. The van der Waals surface area contributed by atoms with E-state index < -0.39 is 9.84 Å². The molecule has 21 heavy (non-hydrogen) atoms. The van der Waals surface area contributed by atoms with Crippen molar-refractivity contribution in [1.82, 2.24) is 10.6 Å². The van der Waals surface area contributed by atoms with Gasteiger partial charge in [0.1, 0.15) is 0 Å². The van der Waals surface area contributed by atoms with Crippen LogP contribution in [0.1, 0.15) is 13.3 Å². The van der Waals surface area contributed by atoms with Crippen LogP contribution in [0.25, 0.3) is 0 Å². The van der Waals surface area contributed by atoms with Gasteiger partial charge >= 0.3 is 0 Å². The van der Waals surface area contributed by atoms with Crippen LogP contribution in [-0.2, 0) is 9.84 Å². The average molecular weight is 327 g/mol. The molecule has 1 aliphatic rings. The smallest absolute Gasteiger partial charge is 0.170 e. The Labute approximate surface area is 131 Å². The summed E-state index contributed by atoms with van der Waals surface area (Å²) in [5.41, 5.74) is 0.631. The second kappa shape index (κ2) is 6.72. The Kier molecular flexibility index (Phi) is 5.18. The number of benzene rings is 1. The Morgan fingerprint density at radius 3 is 2.62 bits per heavy atom. The Hall–Kier alpha value is -1.18. The molecule has 0 radical (unpaired) electrons. The van der Waals surface area contributed by atoms with Gasteiger partial charge in [0.15, 0.2) is 14.9 Å². The minimum Gasteiger partial charge on any atom is -0.361 e. The third-order valence-electron chi connectivity index (χ3n) is 3.50. The van der Waals surface area contributed by atoms with Gasteiger partial charge < -0.3 is 16.0 Å². The molecule has 0 saturated carbocycles. The molecule has 1 aromatic rings. The van der Waals surface area contributed by atoms with Crippen LogP contribution < -0.4 is 16.0 Å². The van der Waals surface area contributed by atoms with Crippen molar-refractivity contribution >= 4 is 32.9 Å². The zero-order valence-corrected chi connectivity index (χ0v) is 13.7. The van der Waals surface area contributed by atoms with Crippen molar-refractivity contribution in [1.29, 1.82) is 0 Å². The zero-order valence-electron chi connectivity index (χ0n) is 12.1. The molecule has 2 rings (SSSR count). The van der Waals surface area contributed by atoms with Crippen LogP contribution in [0.5, 0.6) is 0 Å². The molecule has 0 bridgehead atoms. The van der Waals surface area contributed by atoms with E-state index in [1.165, 1.54) is 0 Å². The summed E-state index contributed by atoms with van der Waals surface area (Å²) in [6, 6.07) is 9.71. The minimum absolute atomic E-state index is 0.215. The number of nitrogens with one attached hydrogen (secondary N) is 3. The van der Waals surface area contributed by atoms with Crippen LogP contribution in [0.15, 0.2) is 30.3 Å². The summed E-state index contributed by atoms with van der Waals surface area (Å²) in [5.74, 6) is 0.491. The summed E-state index contributed by atoms with van der Waals surface area (Å²) in [5, 5.41) is 10.1. The Bertz CT molecular complexity index is 589. The molecule has 116 valence electrons. The second-order valence-corrected chi connectivity index (χ2v) is 8.17. The van der Waals surface area contributed by atoms with E-state index in [4.69, 9.17) is 12.2 Å². The topological polar surface area (TPSA) is 70.2 Å². The molecule has 1 aromatic carbocycles. The van der Waals surface area contributed by atoms with Gasteiger partial charge in [-0.2, -0.15) is 0 Å². The van der Waals surface area contributed by atoms with Crippen molar-refractivity contribution in [2.75, 3.05) is 29.9 Å². The summed E-state index contributed by atoms with van der Waals surface area (Å²) in [6.07, 6.45) is 0.669. The molecule has 0 spiro atoms. The van der Waals surface area contributed by atoms with Crippen LogP contribution in [0, 0.1) is 0 Å². The van der Waals surface area contributed by atoms with Gasteiger partial charge in [0.25, 0.3) is 0 Å². The van der Waals surface area contributed by atoms with Crippen LogP contribution >= 0.6 is 12.2 Å². The first-order valence-electron chi connectivity index (χ1n) is 6.94. The highest BCUT2D eigenvalue weighted by molar-refractivity contribution is 7.91. The fourth-order valence-corrected chi connectivity index (χ4v) is 4.73. The van der Waals surface area contributed by atoms with Crippen molar-refractivity contribution in [3.63, 3.8) is 0 Å².